The Kier molecular flexibility index (Phi) is 5.01. The van der Waals surface area contributed by atoms with Crippen molar-refractivity contribution in [3.63, 3.8) is 0 Å². The zero-order valence-corrected chi connectivity index (χ0v) is 13.8. The average molecular weight is 300 g/mol. The summed E-state index contributed by atoms with van der Waals surface area (Å²) in [5.74, 6) is 0.728. The fourth-order valence-corrected chi connectivity index (χ4v) is 3.89. The molecule has 22 heavy (non-hydrogen) atoms. The Morgan fingerprint density at radius 3 is 2.41 bits per heavy atom. The molecule has 0 bridgehead atoms. The summed E-state index contributed by atoms with van der Waals surface area (Å²) in [7, 11) is 0. The van der Waals surface area contributed by atoms with E-state index in [0.29, 0.717) is 11.8 Å². The van der Waals surface area contributed by atoms with Crippen LogP contribution in [0.3, 0.4) is 0 Å². The van der Waals surface area contributed by atoms with Crippen molar-refractivity contribution in [2.24, 2.45) is 5.92 Å². The van der Waals surface area contributed by atoms with E-state index in [1.807, 2.05) is 0 Å². The summed E-state index contributed by atoms with van der Waals surface area (Å²) in [5, 5.41) is 0. The van der Waals surface area contributed by atoms with Gasteiger partial charge in [-0.15, -0.1) is 0 Å². The molecule has 1 aliphatic carbocycles. The summed E-state index contributed by atoms with van der Waals surface area (Å²) in [4.78, 5) is 17.2. The molecule has 3 nitrogen and oxygen atoms in total. The van der Waals surface area contributed by atoms with E-state index in [1.165, 1.54) is 30.5 Å². The van der Waals surface area contributed by atoms with Crippen LogP contribution in [-0.2, 0) is 11.2 Å². The Bertz CT molecular complexity index is 500. The summed E-state index contributed by atoms with van der Waals surface area (Å²) >= 11 is 0. The molecule has 0 atom stereocenters. The summed E-state index contributed by atoms with van der Waals surface area (Å²) in [5.41, 5.74) is 2.77. The molecule has 2 fully saturated rings. The Balaban J connectivity index is 1.59. The van der Waals surface area contributed by atoms with Crippen LogP contribution < -0.4 is 4.90 Å². The third-order valence-electron chi connectivity index (χ3n) is 5.26. The van der Waals surface area contributed by atoms with Crippen molar-refractivity contribution in [2.45, 2.75) is 45.4 Å². The minimum absolute atomic E-state index is 0.309. The van der Waals surface area contributed by atoms with Crippen molar-refractivity contribution < 1.29 is 4.79 Å². The van der Waals surface area contributed by atoms with Gasteiger partial charge in [0, 0.05) is 37.8 Å². The normalized spacial score (nSPS) is 20.2. The van der Waals surface area contributed by atoms with E-state index in [4.69, 9.17) is 0 Å². The highest BCUT2D eigenvalue weighted by molar-refractivity contribution is 5.79. The Labute approximate surface area is 134 Å². The average Bonchev–Trinajstić information content (AvgIpc) is 2.62. The Morgan fingerprint density at radius 2 is 1.73 bits per heavy atom. The van der Waals surface area contributed by atoms with Crippen molar-refractivity contribution >= 4 is 11.6 Å². The highest BCUT2D eigenvalue weighted by atomic mass is 16.2. The van der Waals surface area contributed by atoms with Gasteiger partial charge in [-0.3, -0.25) is 4.79 Å². The molecular formula is C19H28N2O. The molecule has 1 amide bonds. The quantitative estimate of drug-likeness (QED) is 0.853. The second-order valence-corrected chi connectivity index (χ2v) is 6.63. The predicted molar refractivity (Wildman–Crippen MR) is 91.2 cm³/mol. The Hall–Kier alpha value is -1.51. The van der Waals surface area contributed by atoms with Crippen LogP contribution in [0.25, 0.3) is 0 Å². The molecule has 1 saturated carbocycles. The molecule has 3 heteroatoms. The van der Waals surface area contributed by atoms with Crippen LogP contribution in [0.1, 0.15) is 44.6 Å². The van der Waals surface area contributed by atoms with E-state index in [-0.39, 0.29) is 0 Å². The second-order valence-electron chi connectivity index (χ2n) is 6.63. The summed E-state index contributed by atoms with van der Waals surface area (Å²) < 4.78 is 0. The van der Waals surface area contributed by atoms with Crippen LogP contribution in [0.4, 0.5) is 5.69 Å². The van der Waals surface area contributed by atoms with E-state index in [1.54, 1.807) is 0 Å². The molecule has 1 aromatic rings. The highest BCUT2D eigenvalue weighted by Gasteiger charge is 2.28. The largest absolute Gasteiger partial charge is 0.368 e. The monoisotopic (exact) mass is 300 g/mol. The lowest BCUT2D eigenvalue weighted by atomic mass is 9.88. The topological polar surface area (TPSA) is 23.6 Å². The molecule has 0 spiro atoms. The van der Waals surface area contributed by atoms with Crippen LogP contribution in [0.5, 0.6) is 0 Å². The first-order valence-electron chi connectivity index (χ1n) is 8.91. The van der Waals surface area contributed by atoms with Gasteiger partial charge in [-0.1, -0.05) is 44.4 Å². The van der Waals surface area contributed by atoms with Crippen LogP contribution >= 0.6 is 0 Å². The third kappa shape index (κ3) is 3.29. The minimum atomic E-state index is 0.309. The molecule has 0 N–H and O–H groups in total. The molecular weight excluding hydrogens is 272 g/mol. The van der Waals surface area contributed by atoms with Crippen molar-refractivity contribution in [1.29, 1.82) is 0 Å². The molecule has 0 aromatic heterocycles. The van der Waals surface area contributed by atoms with Crippen LogP contribution in [0.2, 0.25) is 0 Å². The van der Waals surface area contributed by atoms with E-state index in [2.05, 4.69) is 41.0 Å². The minimum Gasteiger partial charge on any atom is -0.368 e. The number of piperazine rings is 1. The van der Waals surface area contributed by atoms with Crippen molar-refractivity contribution in [3.05, 3.63) is 29.8 Å². The number of hydrogen-bond donors (Lipinski definition) is 0. The molecule has 1 heterocycles. The van der Waals surface area contributed by atoms with Gasteiger partial charge in [0.1, 0.15) is 0 Å². The van der Waals surface area contributed by atoms with Crippen molar-refractivity contribution in [3.8, 4) is 0 Å². The van der Waals surface area contributed by atoms with Gasteiger partial charge in [-0.25, -0.2) is 0 Å². The highest BCUT2D eigenvalue weighted by Crippen LogP contribution is 2.27. The number of para-hydroxylation sites is 1. The maximum atomic E-state index is 12.6. The molecule has 3 rings (SSSR count). The van der Waals surface area contributed by atoms with E-state index < -0.39 is 0 Å². The molecule has 0 radical (unpaired) electrons. The van der Waals surface area contributed by atoms with E-state index >= 15 is 0 Å². The molecule has 120 valence electrons. The Morgan fingerprint density at radius 1 is 1.05 bits per heavy atom. The number of nitrogens with zero attached hydrogens (tertiary/aromatic N) is 2. The van der Waals surface area contributed by atoms with Crippen LogP contribution in [-0.4, -0.2) is 37.0 Å². The van der Waals surface area contributed by atoms with Gasteiger partial charge in [-0.05, 0) is 30.9 Å². The zero-order chi connectivity index (χ0) is 15.4. The predicted octanol–water partition coefficient (Wildman–Crippen LogP) is 3.48. The van der Waals surface area contributed by atoms with Gasteiger partial charge >= 0.3 is 0 Å². The number of benzene rings is 1. The van der Waals surface area contributed by atoms with E-state index in [0.717, 1.165) is 45.4 Å². The first-order chi connectivity index (χ1) is 10.8. The number of rotatable bonds is 3. The second kappa shape index (κ2) is 7.17. The molecule has 1 aromatic carbocycles. The van der Waals surface area contributed by atoms with Crippen LogP contribution in [0, 0.1) is 5.92 Å². The van der Waals surface area contributed by atoms with Crippen LogP contribution in [0.15, 0.2) is 24.3 Å². The van der Waals surface area contributed by atoms with Gasteiger partial charge in [0.25, 0.3) is 0 Å². The molecule has 2 aliphatic rings. The maximum Gasteiger partial charge on any atom is 0.225 e. The SMILES string of the molecule is CCc1ccccc1N1CCN(C(=O)C2CCCCC2)CC1. The van der Waals surface area contributed by atoms with E-state index in [9.17, 15) is 4.79 Å². The van der Waals surface area contributed by atoms with Gasteiger partial charge in [0.15, 0.2) is 0 Å². The molecule has 1 saturated heterocycles. The van der Waals surface area contributed by atoms with Gasteiger partial charge in [-0.2, -0.15) is 0 Å². The summed E-state index contributed by atoms with van der Waals surface area (Å²) in [6.07, 6.45) is 7.07. The number of hydrogen-bond acceptors (Lipinski definition) is 2. The standard InChI is InChI=1S/C19H28N2O/c1-2-16-8-6-7-11-18(16)20-12-14-21(15-13-20)19(22)17-9-4-3-5-10-17/h6-8,11,17H,2-5,9-10,12-15H2,1H3. The maximum absolute atomic E-state index is 12.6. The fraction of sp³-hybridized carbons (Fsp3) is 0.632. The van der Waals surface area contributed by atoms with Gasteiger partial charge in [0.05, 0.1) is 0 Å². The number of anilines is 1. The summed E-state index contributed by atoms with van der Waals surface area (Å²) in [6, 6.07) is 8.67. The molecule has 0 unspecified atom stereocenters. The smallest absolute Gasteiger partial charge is 0.225 e. The number of carbonyl (C=O) groups excluding carboxylic acids is 1. The van der Waals surface area contributed by atoms with Gasteiger partial charge < -0.3 is 9.80 Å². The van der Waals surface area contributed by atoms with Gasteiger partial charge in [0.2, 0.25) is 5.91 Å². The number of amides is 1. The lowest BCUT2D eigenvalue weighted by Gasteiger charge is -2.38. The first kappa shape index (κ1) is 15.4. The fourth-order valence-electron chi connectivity index (χ4n) is 3.89. The number of carbonyl (C=O) groups is 1. The first-order valence-corrected chi connectivity index (χ1v) is 8.91. The lowest BCUT2D eigenvalue weighted by Crippen LogP contribution is -2.50. The third-order valence-corrected chi connectivity index (χ3v) is 5.26. The zero-order valence-electron chi connectivity index (χ0n) is 13.8. The molecule has 1 aliphatic heterocycles. The number of aryl methyl sites for hydroxylation is 1. The summed E-state index contributed by atoms with van der Waals surface area (Å²) in [6.45, 7) is 5.91. The van der Waals surface area contributed by atoms with Crippen molar-refractivity contribution in [2.75, 3.05) is 31.1 Å². The van der Waals surface area contributed by atoms with Crippen molar-refractivity contribution in [1.82, 2.24) is 4.90 Å². The lowest BCUT2D eigenvalue weighted by molar-refractivity contribution is -0.136.